The molecule has 2 saturated heterocycles. The highest BCUT2D eigenvalue weighted by Crippen LogP contribution is 2.30. The van der Waals surface area contributed by atoms with E-state index < -0.39 is 5.54 Å². The Kier molecular flexibility index (Phi) is 4.49. The van der Waals surface area contributed by atoms with E-state index in [-0.39, 0.29) is 5.91 Å². The van der Waals surface area contributed by atoms with Crippen molar-refractivity contribution in [1.29, 1.82) is 0 Å². The summed E-state index contributed by atoms with van der Waals surface area (Å²) in [4.78, 5) is 14.6. The second-order valence-electron chi connectivity index (χ2n) is 6.46. The molecule has 0 aromatic carbocycles. The zero-order valence-corrected chi connectivity index (χ0v) is 13.3. The Balaban J connectivity index is 1.58. The van der Waals surface area contributed by atoms with Gasteiger partial charge >= 0.3 is 0 Å². The highest BCUT2D eigenvalue weighted by Gasteiger charge is 2.40. The number of piperidine rings is 1. The number of carbonyl (C=O) groups excluding carboxylic acids is 1. The number of nitrogens with zero attached hydrogens (tertiary/aromatic N) is 3. The van der Waals surface area contributed by atoms with Crippen molar-refractivity contribution >= 4 is 5.91 Å². The molecule has 0 aliphatic carbocycles. The highest BCUT2D eigenvalue weighted by atomic mass is 16.5. The number of rotatable bonds is 3. The van der Waals surface area contributed by atoms with Crippen LogP contribution in [0.25, 0.3) is 0 Å². The molecular weight excluding hydrogens is 280 g/mol. The number of carbonyl (C=O) groups is 1. The van der Waals surface area contributed by atoms with Crippen LogP contribution in [0.2, 0.25) is 0 Å². The van der Waals surface area contributed by atoms with Gasteiger partial charge in [-0.05, 0) is 44.1 Å². The van der Waals surface area contributed by atoms with Crippen LogP contribution >= 0.6 is 0 Å². The minimum Gasteiger partial charge on any atom is -0.381 e. The molecule has 2 fully saturated rings. The molecule has 0 atom stereocenters. The molecule has 22 heavy (non-hydrogen) atoms. The van der Waals surface area contributed by atoms with E-state index in [2.05, 4.69) is 18.2 Å². The lowest BCUT2D eigenvalue weighted by Gasteiger charge is -2.39. The van der Waals surface area contributed by atoms with Gasteiger partial charge in [0.25, 0.3) is 0 Å². The molecular formula is C16H26N4O2. The molecule has 1 aromatic heterocycles. The number of hydrogen-bond donors (Lipinski definition) is 1. The van der Waals surface area contributed by atoms with Gasteiger partial charge in [-0.15, -0.1) is 0 Å². The minimum absolute atomic E-state index is 0.110. The molecule has 2 aliphatic rings. The summed E-state index contributed by atoms with van der Waals surface area (Å²) in [5.74, 6) is 0.617. The van der Waals surface area contributed by atoms with Crippen LogP contribution in [0.15, 0.2) is 12.4 Å². The molecule has 1 aromatic rings. The van der Waals surface area contributed by atoms with Gasteiger partial charge in [-0.3, -0.25) is 9.48 Å². The average Bonchev–Trinajstić information content (AvgIpc) is 3.04. The molecule has 0 unspecified atom stereocenters. The number of aromatic nitrogens is 2. The number of aryl methyl sites for hydroxylation is 1. The molecule has 2 aliphatic heterocycles. The first-order valence-electron chi connectivity index (χ1n) is 8.31. The molecule has 0 bridgehead atoms. The largest absolute Gasteiger partial charge is 0.381 e. The van der Waals surface area contributed by atoms with Gasteiger partial charge < -0.3 is 15.4 Å². The number of likely N-dealkylation sites (tertiary alicyclic amines) is 1. The van der Waals surface area contributed by atoms with Gasteiger partial charge in [-0.2, -0.15) is 5.10 Å². The van der Waals surface area contributed by atoms with Crippen LogP contribution in [0.1, 0.15) is 44.1 Å². The first kappa shape index (κ1) is 15.5. The molecule has 3 heterocycles. The molecule has 6 heteroatoms. The standard InChI is InChI=1S/C16H26N4O2/c1-2-20-12-14(11-18-20)13-3-7-19(8-4-13)15(21)16(17)5-9-22-10-6-16/h11-13H,2-10,17H2,1H3. The SMILES string of the molecule is CCn1cc(C2CCN(C(=O)C3(N)CCOCC3)CC2)cn1. The van der Waals surface area contributed by atoms with E-state index in [1.165, 1.54) is 5.56 Å². The van der Waals surface area contributed by atoms with Crippen LogP contribution in [0.3, 0.4) is 0 Å². The topological polar surface area (TPSA) is 73.4 Å². The maximum atomic E-state index is 12.7. The summed E-state index contributed by atoms with van der Waals surface area (Å²) in [5, 5.41) is 4.35. The third kappa shape index (κ3) is 3.03. The van der Waals surface area contributed by atoms with Crippen molar-refractivity contribution in [3.05, 3.63) is 18.0 Å². The number of hydrogen-bond acceptors (Lipinski definition) is 4. The lowest BCUT2D eigenvalue weighted by atomic mass is 9.87. The van der Waals surface area contributed by atoms with Crippen LogP contribution in [-0.4, -0.2) is 52.4 Å². The molecule has 122 valence electrons. The quantitative estimate of drug-likeness (QED) is 0.908. The van der Waals surface area contributed by atoms with E-state index in [0.29, 0.717) is 32.0 Å². The van der Waals surface area contributed by atoms with Crippen LogP contribution in [-0.2, 0) is 16.1 Å². The van der Waals surface area contributed by atoms with Crippen molar-refractivity contribution < 1.29 is 9.53 Å². The van der Waals surface area contributed by atoms with Crippen molar-refractivity contribution in [2.24, 2.45) is 5.73 Å². The second kappa shape index (κ2) is 6.38. The Labute approximate surface area is 131 Å². The molecule has 2 N–H and O–H groups in total. The van der Waals surface area contributed by atoms with Gasteiger partial charge in [0.2, 0.25) is 5.91 Å². The smallest absolute Gasteiger partial charge is 0.242 e. The fourth-order valence-corrected chi connectivity index (χ4v) is 3.44. The third-order valence-corrected chi connectivity index (χ3v) is 5.04. The van der Waals surface area contributed by atoms with Gasteiger partial charge in [0.15, 0.2) is 0 Å². The van der Waals surface area contributed by atoms with E-state index in [1.54, 1.807) is 0 Å². The summed E-state index contributed by atoms with van der Waals surface area (Å²) < 4.78 is 7.29. The van der Waals surface area contributed by atoms with Gasteiger partial charge in [0.05, 0.1) is 11.7 Å². The lowest BCUT2D eigenvalue weighted by molar-refractivity contribution is -0.141. The Hall–Kier alpha value is -1.40. The van der Waals surface area contributed by atoms with E-state index in [4.69, 9.17) is 10.5 Å². The Morgan fingerprint density at radius 1 is 1.41 bits per heavy atom. The number of amides is 1. The zero-order chi connectivity index (χ0) is 15.6. The van der Waals surface area contributed by atoms with Crippen LogP contribution < -0.4 is 5.73 Å². The molecule has 3 rings (SSSR count). The molecule has 6 nitrogen and oxygen atoms in total. The van der Waals surface area contributed by atoms with E-state index in [9.17, 15) is 4.79 Å². The summed E-state index contributed by atoms with van der Waals surface area (Å²) in [6.45, 7) is 5.76. The first-order chi connectivity index (χ1) is 10.6. The maximum absolute atomic E-state index is 12.7. The van der Waals surface area contributed by atoms with E-state index in [1.807, 2.05) is 15.8 Å². The summed E-state index contributed by atoms with van der Waals surface area (Å²) in [6.07, 6.45) is 7.35. The van der Waals surface area contributed by atoms with Crippen molar-refractivity contribution in [2.45, 2.75) is 50.6 Å². The lowest BCUT2D eigenvalue weighted by Crippen LogP contribution is -2.59. The highest BCUT2D eigenvalue weighted by molar-refractivity contribution is 5.86. The Morgan fingerprint density at radius 2 is 2.09 bits per heavy atom. The number of ether oxygens (including phenoxy) is 1. The fraction of sp³-hybridized carbons (Fsp3) is 0.750. The predicted octanol–water partition coefficient (Wildman–Crippen LogP) is 1.12. The zero-order valence-electron chi connectivity index (χ0n) is 13.3. The van der Waals surface area contributed by atoms with E-state index in [0.717, 1.165) is 32.5 Å². The van der Waals surface area contributed by atoms with Crippen molar-refractivity contribution in [3.63, 3.8) is 0 Å². The molecule has 0 spiro atoms. The van der Waals surface area contributed by atoms with Crippen molar-refractivity contribution in [1.82, 2.24) is 14.7 Å². The number of nitrogens with two attached hydrogens (primary N) is 1. The summed E-state index contributed by atoms with van der Waals surface area (Å²) >= 11 is 0. The van der Waals surface area contributed by atoms with Crippen LogP contribution in [0.4, 0.5) is 0 Å². The van der Waals surface area contributed by atoms with Gasteiger partial charge in [0.1, 0.15) is 0 Å². The molecule has 0 saturated carbocycles. The normalized spacial score (nSPS) is 22.7. The fourth-order valence-electron chi connectivity index (χ4n) is 3.44. The van der Waals surface area contributed by atoms with Crippen molar-refractivity contribution in [2.75, 3.05) is 26.3 Å². The summed E-state index contributed by atoms with van der Waals surface area (Å²) in [5.41, 5.74) is 6.90. The van der Waals surface area contributed by atoms with Crippen LogP contribution in [0.5, 0.6) is 0 Å². The predicted molar refractivity (Wildman–Crippen MR) is 83.4 cm³/mol. The Morgan fingerprint density at radius 3 is 2.68 bits per heavy atom. The van der Waals surface area contributed by atoms with Gasteiger partial charge in [-0.25, -0.2) is 0 Å². The molecule has 1 amide bonds. The van der Waals surface area contributed by atoms with Gasteiger partial charge in [-0.1, -0.05) is 0 Å². The minimum atomic E-state index is -0.710. The maximum Gasteiger partial charge on any atom is 0.242 e. The third-order valence-electron chi connectivity index (χ3n) is 5.04. The average molecular weight is 306 g/mol. The van der Waals surface area contributed by atoms with Gasteiger partial charge in [0, 0.05) is 39.0 Å². The van der Waals surface area contributed by atoms with Crippen LogP contribution in [0, 0.1) is 0 Å². The van der Waals surface area contributed by atoms with E-state index >= 15 is 0 Å². The first-order valence-corrected chi connectivity index (χ1v) is 8.31. The summed E-state index contributed by atoms with van der Waals surface area (Å²) in [7, 11) is 0. The Bertz CT molecular complexity index is 514. The summed E-state index contributed by atoms with van der Waals surface area (Å²) in [6, 6.07) is 0. The molecule has 0 radical (unpaired) electrons. The second-order valence-corrected chi connectivity index (χ2v) is 6.46. The van der Waals surface area contributed by atoms with Crippen molar-refractivity contribution in [3.8, 4) is 0 Å². The monoisotopic (exact) mass is 306 g/mol.